The minimum absolute atomic E-state index is 0.118. The fourth-order valence-corrected chi connectivity index (χ4v) is 3.71. The standard InChI is InChI=1S/C25H33N5O5/c1-15-7-6-8-19(29-30-24(33)35-25(2,3)4)21-13-16(11-12-26-21)18-10-9-17(27-23(32)34-5)14-20(18)28-22(15)31/h9-15,19,29H,6-8H2,1-5H3,(H,27,32)(H,28,31)(H,30,33)/t15-,19+/m1/s1. The third-order valence-corrected chi connectivity index (χ3v) is 5.48. The number of nitrogens with one attached hydrogen (secondary N) is 4. The first-order valence-electron chi connectivity index (χ1n) is 11.6. The van der Waals surface area contributed by atoms with E-state index in [0.717, 1.165) is 23.2 Å². The maximum absolute atomic E-state index is 12.9. The Hall–Kier alpha value is -3.66. The van der Waals surface area contributed by atoms with Crippen LogP contribution >= 0.6 is 0 Å². The first kappa shape index (κ1) is 26.0. The summed E-state index contributed by atoms with van der Waals surface area (Å²) >= 11 is 0. The van der Waals surface area contributed by atoms with Gasteiger partial charge in [-0.1, -0.05) is 19.4 Å². The maximum atomic E-state index is 12.9. The number of rotatable bonds is 3. The quantitative estimate of drug-likeness (QED) is 0.463. The number of fused-ring (bicyclic) bond motifs is 4. The van der Waals surface area contributed by atoms with E-state index in [1.54, 1.807) is 39.1 Å². The van der Waals surface area contributed by atoms with Crippen molar-refractivity contribution < 1.29 is 23.9 Å². The highest BCUT2D eigenvalue weighted by atomic mass is 16.6. The Bertz CT molecular complexity index is 1080. The van der Waals surface area contributed by atoms with Crippen molar-refractivity contribution in [2.24, 2.45) is 5.92 Å². The zero-order valence-corrected chi connectivity index (χ0v) is 20.7. The predicted octanol–water partition coefficient (Wildman–Crippen LogP) is 4.76. The summed E-state index contributed by atoms with van der Waals surface area (Å²) in [6.45, 7) is 7.26. The average Bonchev–Trinajstić information content (AvgIpc) is 2.79. The number of hydrazine groups is 1. The van der Waals surface area contributed by atoms with Crippen molar-refractivity contribution in [1.29, 1.82) is 0 Å². The smallest absolute Gasteiger partial charge is 0.422 e. The van der Waals surface area contributed by atoms with E-state index in [4.69, 9.17) is 4.74 Å². The Kier molecular flexibility index (Phi) is 8.29. The van der Waals surface area contributed by atoms with Gasteiger partial charge in [-0.05, 0) is 63.4 Å². The van der Waals surface area contributed by atoms with Gasteiger partial charge in [0.2, 0.25) is 5.91 Å². The summed E-state index contributed by atoms with van der Waals surface area (Å²) in [6.07, 6.45) is 2.53. The summed E-state index contributed by atoms with van der Waals surface area (Å²) in [6, 6.07) is 8.71. The molecular weight excluding hydrogens is 450 g/mol. The molecule has 1 aliphatic heterocycles. The number of anilines is 2. The summed E-state index contributed by atoms with van der Waals surface area (Å²) in [7, 11) is 1.28. The second-order valence-corrected chi connectivity index (χ2v) is 9.49. The third kappa shape index (κ3) is 7.41. The van der Waals surface area contributed by atoms with E-state index < -0.39 is 17.8 Å². The van der Waals surface area contributed by atoms with Gasteiger partial charge in [0, 0.05) is 23.4 Å². The van der Waals surface area contributed by atoms with Crippen LogP contribution in [-0.2, 0) is 14.3 Å². The van der Waals surface area contributed by atoms with Gasteiger partial charge >= 0.3 is 12.2 Å². The second-order valence-electron chi connectivity index (χ2n) is 9.49. The first-order valence-corrected chi connectivity index (χ1v) is 11.6. The number of pyridine rings is 1. The Morgan fingerprint density at radius 1 is 1.11 bits per heavy atom. The molecule has 0 radical (unpaired) electrons. The minimum Gasteiger partial charge on any atom is -0.453 e. The molecule has 2 bridgehead atoms. The molecule has 35 heavy (non-hydrogen) atoms. The molecule has 0 saturated carbocycles. The zero-order chi connectivity index (χ0) is 25.6. The fourth-order valence-electron chi connectivity index (χ4n) is 3.71. The van der Waals surface area contributed by atoms with Crippen molar-refractivity contribution in [3.8, 4) is 11.1 Å². The van der Waals surface area contributed by atoms with Crippen LogP contribution in [0.5, 0.6) is 0 Å². The number of hydrogen-bond donors (Lipinski definition) is 4. The van der Waals surface area contributed by atoms with Gasteiger partial charge in [-0.25, -0.2) is 15.0 Å². The van der Waals surface area contributed by atoms with Gasteiger partial charge in [0.05, 0.1) is 24.5 Å². The van der Waals surface area contributed by atoms with Crippen molar-refractivity contribution in [2.45, 2.75) is 58.6 Å². The van der Waals surface area contributed by atoms with Crippen LogP contribution in [0.25, 0.3) is 11.1 Å². The lowest BCUT2D eigenvalue weighted by molar-refractivity contribution is -0.119. The molecule has 2 heterocycles. The van der Waals surface area contributed by atoms with E-state index in [1.165, 1.54) is 7.11 Å². The molecule has 1 aliphatic rings. The summed E-state index contributed by atoms with van der Waals surface area (Å²) in [5.41, 5.74) is 8.42. The third-order valence-electron chi connectivity index (χ3n) is 5.48. The molecule has 1 aromatic heterocycles. The average molecular weight is 484 g/mol. The Labute approximate surface area is 205 Å². The van der Waals surface area contributed by atoms with Crippen molar-refractivity contribution in [2.75, 3.05) is 17.7 Å². The number of aromatic nitrogens is 1. The summed E-state index contributed by atoms with van der Waals surface area (Å²) in [4.78, 5) is 41.3. The summed E-state index contributed by atoms with van der Waals surface area (Å²) in [5, 5.41) is 5.63. The number of hydrogen-bond acceptors (Lipinski definition) is 7. The summed E-state index contributed by atoms with van der Waals surface area (Å²) in [5.74, 6) is -0.363. The van der Waals surface area contributed by atoms with Gasteiger partial charge < -0.3 is 14.8 Å². The predicted molar refractivity (Wildman–Crippen MR) is 133 cm³/mol. The zero-order valence-electron chi connectivity index (χ0n) is 20.7. The van der Waals surface area contributed by atoms with Crippen LogP contribution in [-0.4, -0.2) is 35.8 Å². The highest BCUT2D eigenvalue weighted by Gasteiger charge is 2.22. The molecule has 10 nitrogen and oxygen atoms in total. The van der Waals surface area contributed by atoms with Crippen LogP contribution in [0, 0.1) is 5.92 Å². The maximum Gasteiger partial charge on any atom is 0.422 e. The molecule has 10 heteroatoms. The molecule has 0 saturated heterocycles. The molecule has 1 aromatic carbocycles. The molecule has 188 valence electrons. The van der Waals surface area contributed by atoms with Crippen LogP contribution in [0.1, 0.15) is 58.7 Å². The van der Waals surface area contributed by atoms with Crippen LogP contribution in [0.15, 0.2) is 36.5 Å². The van der Waals surface area contributed by atoms with Gasteiger partial charge in [-0.15, -0.1) is 0 Å². The number of nitrogens with zero attached hydrogens (tertiary/aromatic N) is 1. The van der Waals surface area contributed by atoms with Crippen molar-refractivity contribution in [3.63, 3.8) is 0 Å². The molecule has 2 atom stereocenters. The Morgan fingerprint density at radius 2 is 1.89 bits per heavy atom. The van der Waals surface area contributed by atoms with Crippen molar-refractivity contribution in [1.82, 2.24) is 15.8 Å². The van der Waals surface area contributed by atoms with E-state index in [9.17, 15) is 14.4 Å². The highest BCUT2D eigenvalue weighted by molar-refractivity contribution is 5.98. The SMILES string of the molecule is COC(=O)Nc1ccc2c(c1)NC(=O)[C@H](C)CCC[C@H](NNC(=O)OC(C)(C)C)c1cc-2ccn1. The van der Waals surface area contributed by atoms with E-state index in [-0.39, 0.29) is 17.9 Å². The Morgan fingerprint density at radius 3 is 2.60 bits per heavy atom. The van der Waals surface area contributed by atoms with Crippen molar-refractivity contribution in [3.05, 3.63) is 42.2 Å². The molecule has 4 N–H and O–H groups in total. The number of ether oxygens (including phenoxy) is 2. The lowest BCUT2D eigenvalue weighted by Crippen LogP contribution is -2.43. The van der Waals surface area contributed by atoms with E-state index in [0.29, 0.717) is 24.2 Å². The van der Waals surface area contributed by atoms with Crippen LogP contribution < -0.4 is 21.5 Å². The molecular formula is C25H33N5O5. The fraction of sp³-hybridized carbons (Fsp3) is 0.440. The second kappa shape index (κ2) is 11.2. The largest absolute Gasteiger partial charge is 0.453 e. The normalized spacial score (nSPS) is 18.1. The first-order chi connectivity index (χ1) is 16.6. The van der Waals surface area contributed by atoms with Crippen LogP contribution in [0.2, 0.25) is 0 Å². The number of benzene rings is 1. The van der Waals surface area contributed by atoms with Crippen LogP contribution in [0.4, 0.5) is 21.0 Å². The lowest BCUT2D eigenvalue weighted by atomic mass is 9.95. The van der Waals surface area contributed by atoms with Gasteiger partial charge in [0.15, 0.2) is 0 Å². The highest BCUT2D eigenvalue weighted by Crippen LogP contribution is 2.33. The molecule has 0 spiro atoms. The molecule has 3 rings (SSSR count). The number of methoxy groups -OCH3 is 1. The molecule has 2 aromatic rings. The van der Waals surface area contributed by atoms with E-state index >= 15 is 0 Å². The van der Waals surface area contributed by atoms with Crippen molar-refractivity contribution >= 4 is 29.5 Å². The minimum atomic E-state index is -0.621. The molecule has 0 unspecified atom stereocenters. The van der Waals surface area contributed by atoms with Crippen LogP contribution in [0.3, 0.4) is 0 Å². The van der Waals surface area contributed by atoms with Gasteiger partial charge in [-0.2, -0.15) is 0 Å². The monoisotopic (exact) mass is 483 g/mol. The summed E-state index contributed by atoms with van der Waals surface area (Å²) < 4.78 is 9.99. The van der Waals surface area contributed by atoms with E-state index in [2.05, 4.69) is 31.2 Å². The molecule has 0 fully saturated rings. The van der Waals surface area contributed by atoms with Gasteiger partial charge in [-0.3, -0.25) is 20.5 Å². The number of carbonyl (C=O) groups excluding carboxylic acids is 3. The van der Waals surface area contributed by atoms with Gasteiger partial charge in [0.1, 0.15) is 5.60 Å². The lowest BCUT2D eigenvalue weighted by Gasteiger charge is -2.24. The number of amides is 3. The molecule has 3 amide bonds. The Balaban J connectivity index is 1.95. The molecule has 0 aliphatic carbocycles. The van der Waals surface area contributed by atoms with E-state index in [1.807, 2.05) is 25.1 Å². The van der Waals surface area contributed by atoms with Gasteiger partial charge in [0.25, 0.3) is 0 Å². The topological polar surface area (TPSA) is 131 Å². The number of carbonyl (C=O) groups is 3.